The Morgan fingerprint density at radius 3 is 3.25 bits per heavy atom. The van der Waals surface area contributed by atoms with E-state index in [0.717, 1.165) is 26.1 Å². The van der Waals surface area contributed by atoms with Crippen molar-refractivity contribution in [3.05, 3.63) is 22.4 Å². The molecule has 1 aromatic heterocycles. The minimum atomic E-state index is 0.126. The Labute approximate surface area is 101 Å². The molecule has 2 rings (SSSR count). The SMILES string of the molecule is OCCOC1CCCN(Cc2ccsc2)C1. The first kappa shape index (κ1) is 12.0. The van der Waals surface area contributed by atoms with E-state index in [-0.39, 0.29) is 6.61 Å². The van der Waals surface area contributed by atoms with Gasteiger partial charge in [-0.3, -0.25) is 4.90 Å². The van der Waals surface area contributed by atoms with Gasteiger partial charge in [-0.05, 0) is 41.8 Å². The van der Waals surface area contributed by atoms with Crippen molar-refractivity contribution < 1.29 is 9.84 Å². The van der Waals surface area contributed by atoms with E-state index in [1.807, 2.05) is 0 Å². The Hall–Kier alpha value is -0.420. The Bertz CT molecular complexity index is 289. The molecule has 16 heavy (non-hydrogen) atoms. The first-order chi connectivity index (χ1) is 7.88. The van der Waals surface area contributed by atoms with Crippen LogP contribution in [0.3, 0.4) is 0 Å². The molecule has 1 N–H and O–H groups in total. The van der Waals surface area contributed by atoms with Gasteiger partial charge >= 0.3 is 0 Å². The molecule has 1 saturated heterocycles. The van der Waals surface area contributed by atoms with E-state index >= 15 is 0 Å². The van der Waals surface area contributed by atoms with Gasteiger partial charge in [-0.15, -0.1) is 0 Å². The Balaban J connectivity index is 1.77. The summed E-state index contributed by atoms with van der Waals surface area (Å²) in [6, 6.07) is 2.18. The van der Waals surface area contributed by atoms with Crippen LogP contribution in [0.4, 0.5) is 0 Å². The molecule has 90 valence electrons. The van der Waals surface area contributed by atoms with Gasteiger partial charge in [0.15, 0.2) is 0 Å². The van der Waals surface area contributed by atoms with Gasteiger partial charge in [0.05, 0.1) is 19.3 Å². The zero-order chi connectivity index (χ0) is 11.2. The maximum atomic E-state index is 8.73. The van der Waals surface area contributed by atoms with Crippen LogP contribution < -0.4 is 0 Å². The molecule has 0 aromatic carbocycles. The smallest absolute Gasteiger partial charge is 0.0703 e. The molecule has 0 saturated carbocycles. The lowest BCUT2D eigenvalue weighted by atomic mass is 10.1. The third-order valence-electron chi connectivity index (χ3n) is 2.89. The average Bonchev–Trinajstić information content (AvgIpc) is 2.80. The van der Waals surface area contributed by atoms with Crippen LogP contribution in [0.1, 0.15) is 18.4 Å². The van der Waals surface area contributed by atoms with E-state index in [2.05, 4.69) is 21.7 Å². The molecule has 1 aromatic rings. The minimum Gasteiger partial charge on any atom is -0.394 e. The summed E-state index contributed by atoms with van der Waals surface area (Å²) in [4.78, 5) is 2.44. The summed E-state index contributed by atoms with van der Waals surface area (Å²) in [5, 5.41) is 13.1. The maximum absolute atomic E-state index is 8.73. The summed E-state index contributed by atoms with van der Waals surface area (Å²) in [7, 11) is 0. The number of piperidine rings is 1. The highest BCUT2D eigenvalue weighted by atomic mass is 32.1. The zero-order valence-corrected chi connectivity index (χ0v) is 10.3. The molecule has 0 amide bonds. The number of hydrogen-bond acceptors (Lipinski definition) is 4. The largest absolute Gasteiger partial charge is 0.394 e. The average molecular weight is 241 g/mol. The second-order valence-corrected chi connectivity index (χ2v) is 5.01. The second-order valence-electron chi connectivity index (χ2n) is 4.23. The predicted molar refractivity (Wildman–Crippen MR) is 65.7 cm³/mol. The van der Waals surface area contributed by atoms with Crippen molar-refractivity contribution in [2.24, 2.45) is 0 Å². The number of ether oxygens (including phenoxy) is 1. The zero-order valence-electron chi connectivity index (χ0n) is 9.47. The fourth-order valence-electron chi connectivity index (χ4n) is 2.15. The fraction of sp³-hybridized carbons (Fsp3) is 0.667. The standard InChI is InChI=1S/C12H19NO2S/c14-5-6-15-12-2-1-4-13(9-12)8-11-3-7-16-10-11/h3,7,10,12,14H,1-2,4-6,8-9H2. The molecule has 3 nitrogen and oxygen atoms in total. The molecule has 1 aliphatic heterocycles. The molecule has 0 aliphatic carbocycles. The Kier molecular flexibility index (Phi) is 4.78. The molecule has 0 bridgehead atoms. The predicted octanol–water partition coefficient (Wildman–Crippen LogP) is 1.72. The first-order valence-electron chi connectivity index (χ1n) is 5.84. The summed E-state index contributed by atoms with van der Waals surface area (Å²) in [5.41, 5.74) is 1.40. The van der Waals surface area contributed by atoms with Crippen LogP contribution >= 0.6 is 11.3 Å². The minimum absolute atomic E-state index is 0.126. The quantitative estimate of drug-likeness (QED) is 0.852. The number of aliphatic hydroxyl groups excluding tert-OH is 1. The van der Waals surface area contributed by atoms with Crippen LogP contribution in [-0.2, 0) is 11.3 Å². The highest BCUT2D eigenvalue weighted by Gasteiger charge is 2.20. The van der Waals surface area contributed by atoms with Crippen molar-refractivity contribution in [1.82, 2.24) is 4.90 Å². The molecular weight excluding hydrogens is 222 g/mol. The van der Waals surface area contributed by atoms with Gasteiger partial charge in [0.2, 0.25) is 0 Å². The topological polar surface area (TPSA) is 32.7 Å². The molecule has 1 atom stereocenters. The van der Waals surface area contributed by atoms with Crippen LogP contribution in [0.15, 0.2) is 16.8 Å². The summed E-state index contributed by atoms with van der Waals surface area (Å²) in [6.45, 7) is 3.78. The molecule has 1 unspecified atom stereocenters. The summed E-state index contributed by atoms with van der Waals surface area (Å²) < 4.78 is 5.59. The van der Waals surface area contributed by atoms with Crippen molar-refractivity contribution in [1.29, 1.82) is 0 Å². The molecule has 1 aliphatic rings. The molecular formula is C12H19NO2S. The van der Waals surface area contributed by atoms with Crippen molar-refractivity contribution in [3.8, 4) is 0 Å². The van der Waals surface area contributed by atoms with Gasteiger partial charge in [-0.2, -0.15) is 11.3 Å². The van der Waals surface area contributed by atoms with Gasteiger partial charge < -0.3 is 9.84 Å². The van der Waals surface area contributed by atoms with Gasteiger partial charge in [-0.1, -0.05) is 0 Å². The maximum Gasteiger partial charge on any atom is 0.0703 e. The Morgan fingerprint density at radius 1 is 1.56 bits per heavy atom. The number of nitrogens with zero attached hydrogens (tertiary/aromatic N) is 1. The summed E-state index contributed by atoms with van der Waals surface area (Å²) in [6.07, 6.45) is 2.62. The highest BCUT2D eigenvalue weighted by molar-refractivity contribution is 7.07. The van der Waals surface area contributed by atoms with Gasteiger partial charge in [0, 0.05) is 13.1 Å². The van der Waals surface area contributed by atoms with E-state index in [4.69, 9.17) is 9.84 Å². The number of likely N-dealkylation sites (tertiary alicyclic amines) is 1. The van der Waals surface area contributed by atoms with Crippen LogP contribution in [0.2, 0.25) is 0 Å². The molecule has 2 heterocycles. The number of thiophene rings is 1. The number of aliphatic hydroxyl groups is 1. The van der Waals surface area contributed by atoms with E-state index < -0.39 is 0 Å². The van der Waals surface area contributed by atoms with Gasteiger partial charge in [0.1, 0.15) is 0 Å². The summed E-state index contributed by atoms with van der Waals surface area (Å²) in [5.74, 6) is 0. The van der Waals surface area contributed by atoms with E-state index in [0.29, 0.717) is 12.7 Å². The lowest BCUT2D eigenvalue weighted by Crippen LogP contribution is -2.39. The molecule has 0 radical (unpaired) electrons. The van der Waals surface area contributed by atoms with E-state index in [9.17, 15) is 0 Å². The highest BCUT2D eigenvalue weighted by Crippen LogP contribution is 2.17. The van der Waals surface area contributed by atoms with Crippen molar-refractivity contribution in [2.45, 2.75) is 25.5 Å². The lowest BCUT2D eigenvalue weighted by Gasteiger charge is -2.32. The first-order valence-corrected chi connectivity index (χ1v) is 6.78. The molecule has 0 spiro atoms. The van der Waals surface area contributed by atoms with Crippen molar-refractivity contribution >= 4 is 11.3 Å². The van der Waals surface area contributed by atoms with Gasteiger partial charge in [-0.25, -0.2) is 0 Å². The normalized spacial score (nSPS) is 22.4. The van der Waals surface area contributed by atoms with E-state index in [1.165, 1.54) is 12.0 Å². The van der Waals surface area contributed by atoms with E-state index in [1.54, 1.807) is 11.3 Å². The van der Waals surface area contributed by atoms with Crippen molar-refractivity contribution in [2.75, 3.05) is 26.3 Å². The molecule has 4 heteroatoms. The number of hydrogen-bond donors (Lipinski definition) is 1. The fourth-order valence-corrected chi connectivity index (χ4v) is 2.81. The monoisotopic (exact) mass is 241 g/mol. The second kappa shape index (κ2) is 6.35. The van der Waals surface area contributed by atoms with Crippen molar-refractivity contribution in [3.63, 3.8) is 0 Å². The molecule has 1 fully saturated rings. The Morgan fingerprint density at radius 2 is 2.50 bits per heavy atom. The van der Waals surface area contributed by atoms with Crippen LogP contribution in [-0.4, -0.2) is 42.4 Å². The van der Waals surface area contributed by atoms with Crippen LogP contribution in [0.25, 0.3) is 0 Å². The van der Waals surface area contributed by atoms with Crippen LogP contribution in [0, 0.1) is 0 Å². The van der Waals surface area contributed by atoms with Crippen LogP contribution in [0.5, 0.6) is 0 Å². The lowest BCUT2D eigenvalue weighted by molar-refractivity contribution is -0.0162. The third kappa shape index (κ3) is 3.56. The van der Waals surface area contributed by atoms with Gasteiger partial charge in [0.25, 0.3) is 0 Å². The third-order valence-corrected chi connectivity index (χ3v) is 3.63. The number of rotatable bonds is 5. The summed E-state index contributed by atoms with van der Waals surface area (Å²) >= 11 is 1.75.